The Labute approximate surface area is 154 Å². The highest BCUT2D eigenvalue weighted by atomic mass is 16.5. The molecule has 0 bridgehead atoms. The number of aromatic amines is 1. The van der Waals surface area contributed by atoms with Crippen LogP contribution < -0.4 is 0 Å². The average Bonchev–Trinajstić information content (AvgIpc) is 3.19. The van der Waals surface area contributed by atoms with Gasteiger partial charge in [-0.25, -0.2) is 0 Å². The molecular formula is C21H27N3O2. The SMILES string of the molecule is CC1(C(=O)N2CCC(c3[nH]ncc3-c3ccccc3)CC2)CCCCO1. The van der Waals surface area contributed by atoms with Gasteiger partial charge in [0.05, 0.1) is 6.20 Å². The van der Waals surface area contributed by atoms with E-state index in [9.17, 15) is 4.79 Å². The molecule has 2 aliphatic heterocycles. The van der Waals surface area contributed by atoms with Gasteiger partial charge in [0.1, 0.15) is 5.60 Å². The smallest absolute Gasteiger partial charge is 0.254 e. The Hall–Kier alpha value is -2.14. The maximum absolute atomic E-state index is 12.9. The number of piperidine rings is 1. The van der Waals surface area contributed by atoms with E-state index in [4.69, 9.17) is 4.74 Å². The van der Waals surface area contributed by atoms with Crippen LogP contribution in [0.4, 0.5) is 0 Å². The van der Waals surface area contributed by atoms with Crippen LogP contribution >= 0.6 is 0 Å². The van der Waals surface area contributed by atoms with E-state index >= 15 is 0 Å². The third-order valence-corrected chi connectivity index (χ3v) is 5.87. The normalized spacial score (nSPS) is 24.6. The molecule has 2 aromatic rings. The number of hydrogen-bond acceptors (Lipinski definition) is 3. The van der Waals surface area contributed by atoms with Crippen molar-refractivity contribution in [3.8, 4) is 11.1 Å². The van der Waals surface area contributed by atoms with E-state index in [0.29, 0.717) is 12.5 Å². The third kappa shape index (κ3) is 3.28. The second-order valence-electron chi connectivity index (χ2n) is 7.67. The summed E-state index contributed by atoms with van der Waals surface area (Å²) in [5, 5.41) is 7.50. The molecule has 2 aliphatic rings. The molecule has 1 N–H and O–H groups in total. The molecule has 0 radical (unpaired) electrons. The molecule has 3 heterocycles. The molecule has 1 amide bonds. The molecule has 1 unspecified atom stereocenters. The van der Waals surface area contributed by atoms with Crippen LogP contribution in [0.25, 0.3) is 11.1 Å². The van der Waals surface area contributed by atoms with Crippen LogP contribution in [-0.4, -0.2) is 46.3 Å². The minimum Gasteiger partial charge on any atom is -0.365 e. The number of carbonyl (C=O) groups excluding carboxylic acids is 1. The maximum Gasteiger partial charge on any atom is 0.254 e. The topological polar surface area (TPSA) is 58.2 Å². The first-order chi connectivity index (χ1) is 12.7. The quantitative estimate of drug-likeness (QED) is 0.914. The van der Waals surface area contributed by atoms with Gasteiger partial charge in [-0.05, 0) is 44.6 Å². The van der Waals surface area contributed by atoms with Crippen molar-refractivity contribution in [3.05, 3.63) is 42.2 Å². The fraction of sp³-hybridized carbons (Fsp3) is 0.524. The van der Waals surface area contributed by atoms with Gasteiger partial charge in [-0.1, -0.05) is 30.3 Å². The zero-order valence-electron chi connectivity index (χ0n) is 15.4. The minimum atomic E-state index is -0.617. The first kappa shape index (κ1) is 17.3. The first-order valence-corrected chi connectivity index (χ1v) is 9.69. The van der Waals surface area contributed by atoms with Gasteiger partial charge in [0.2, 0.25) is 0 Å². The summed E-state index contributed by atoms with van der Waals surface area (Å²) in [6.07, 6.45) is 6.82. The van der Waals surface area contributed by atoms with Crippen LogP contribution in [-0.2, 0) is 9.53 Å². The third-order valence-electron chi connectivity index (χ3n) is 5.87. The summed E-state index contributed by atoms with van der Waals surface area (Å²) >= 11 is 0. The van der Waals surface area contributed by atoms with Crippen molar-refractivity contribution in [3.63, 3.8) is 0 Å². The van der Waals surface area contributed by atoms with Gasteiger partial charge in [0.25, 0.3) is 5.91 Å². The summed E-state index contributed by atoms with van der Waals surface area (Å²) in [6, 6.07) is 10.4. The molecule has 1 aromatic heterocycles. The Balaban J connectivity index is 1.43. The van der Waals surface area contributed by atoms with E-state index in [1.54, 1.807) is 0 Å². The van der Waals surface area contributed by atoms with E-state index in [-0.39, 0.29) is 5.91 Å². The molecule has 0 spiro atoms. The van der Waals surface area contributed by atoms with E-state index < -0.39 is 5.60 Å². The molecule has 5 nitrogen and oxygen atoms in total. The zero-order valence-corrected chi connectivity index (χ0v) is 15.4. The van der Waals surface area contributed by atoms with E-state index in [0.717, 1.165) is 45.2 Å². The minimum absolute atomic E-state index is 0.170. The van der Waals surface area contributed by atoms with E-state index in [1.807, 2.05) is 24.1 Å². The largest absolute Gasteiger partial charge is 0.365 e. The molecule has 4 rings (SSSR count). The monoisotopic (exact) mass is 353 g/mol. The Morgan fingerprint density at radius 2 is 2.00 bits per heavy atom. The number of nitrogens with one attached hydrogen (secondary N) is 1. The molecular weight excluding hydrogens is 326 g/mol. The molecule has 138 valence electrons. The van der Waals surface area contributed by atoms with Gasteiger partial charge in [-0.2, -0.15) is 5.10 Å². The molecule has 1 aromatic carbocycles. The maximum atomic E-state index is 12.9. The molecule has 0 saturated carbocycles. The van der Waals surface area contributed by atoms with Crippen molar-refractivity contribution in [1.82, 2.24) is 15.1 Å². The van der Waals surface area contributed by atoms with Crippen molar-refractivity contribution in [2.45, 2.75) is 50.5 Å². The summed E-state index contributed by atoms with van der Waals surface area (Å²) in [5.74, 6) is 0.584. The summed E-state index contributed by atoms with van der Waals surface area (Å²) in [5.41, 5.74) is 2.95. The van der Waals surface area contributed by atoms with Crippen molar-refractivity contribution >= 4 is 5.91 Å². The summed E-state index contributed by atoms with van der Waals surface area (Å²) in [6.45, 7) is 4.24. The molecule has 2 fully saturated rings. The first-order valence-electron chi connectivity index (χ1n) is 9.69. The average molecular weight is 353 g/mol. The summed E-state index contributed by atoms with van der Waals surface area (Å²) in [4.78, 5) is 14.9. The number of rotatable bonds is 3. The van der Waals surface area contributed by atoms with Gasteiger partial charge >= 0.3 is 0 Å². The second kappa shape index (κ2) is 7.23. The van der Waals surface area contributed by atoms with Crippen LogP contribution in [0, 0.1) is 0 Å². The molecule has 0 aliphatic carbocycles. The van der Waals surface area contributed by atoms with Crippen molar-refractivity contribution in [2.75, 3.05) is 19.7 Å². The van der Waals surface area contributed by atoms with Crippen LogP contribution in [0.15, 0.2) is 36.5 Å². The van der Waals surface area contributed by atoms with Gasteiger partial charge in [0.15, 0.2) is 0 Å². The number of H-pyrrole nitrogens is 1. The number of nitrogens with zero attached hydrogens (tertiary/aromatic N) is 2. The highest BCUT2D eigenvalue weighted by molar-refractivity contribution is 5.85. The Kier molecular flexibility index (Phi) is 4.81. The van der Waals surface area contributed by atoms with Crippen LogP contribution in [0.1, 0.15) is 50.6 Å². The van der Waals surface area contributed by atoms with Gasteiger partial charge in [0, 0.05) is 36.9 Å². The fourth-order valence-corrected chi connectivity index (χ4v) is 4.26. The Bertz CT molecular complexity index is 742. The molecule has 1 atom stereocenters. The number of benzene rings is 1. The summed E-state index contributed by atoms with van der Waals surface area (Å²) in [7, 11) is 0. The number of carbonyl (C=O) groups is 1. The standard InChI is InChI=1S/C21H27N3O2/c1-21(11-5-6-14-26-21)20(25)24-12-9-17(10-13-24)19-18(15-22-23-19)16-7-3-2-4-8-16/h2-4,7-8,15,17H,5-6,9-14H2,1H3,(H,22,23). The van der Waals surface area contributed by atoms with Crippen LogP contribution in [0.2, 0.25) is 0 Å². The lowest BCUT2D eigenvalue weighted by Gasteiger charge is -2.40. The number of hydrogen-bond donors (Lipinski definition) is 1. The lowest BCUT2D eigenvalue weighted by atomic mass is 9.88. The molecule has 26 heavy (non-hydrogen) atoms. The Morgan fingerprint density at radius 3 is 2.69 bits per heavy atom. The van der Waals surface area contributed by atoms with Crippen molar-refractivity contribution in [2.24, 2.45) is 0 Å². The van der Waals surface area contributed by atoms with Crippen molar-refractivity contribution in [1.29, 1.82) is 0 Å². The van der Waals surface area contributed by atoms with Gasteiger partial charge < -0.3 is 9.64 Å². The number of ether oxygens (including phenoxy) is 1. The highest BCUT2D eigenvalue weighted by Crippen LogP contribution is 2.35. The molecule has 5 heteroatoms. The van der Waals surface area contributed by atoms with E-state index in [1.165, 1.54) is 16.8 Å². The van der Waals surface area contributed by atoms with Gasteiger partial charge in [-0.3, -0.25) is 9.89 Å². The van der Waals surface area contributed by atoms with Crippen LogP contribution in [0.5, 0.6) is 0 Å². The lowest BCUT2D eigenvalue weighted by molar-refractivity contribution is -0.163. The van der Waals surface area contributed by atoms with Crippen LogP contribution in [0.3, 0.4) is 0 Å². The number of aromatic nitrogens is 2. The summed E-state index contributed by atoms with van der Waals surface area (Å²) < 4.78 is 5.85. The van der Waals surface area contributed by atoms with Gasteiger partial charge in [-0.15, -0.1) is 0 Å². The zero-order chi connectivity index (χ0) is 18.0. The predicted molar refractivity (Wildman–Crippen MR) is 101 cm³/mol. The Morgan fingerprint density at radius 1 is 1.23 bits per heavy atom. The molecule has 2 saturated heterocycles. The predicted octanol–water partition coefficient (Wildman–Crippen LogP) is 3.74. The second-order valence-corrected chi connectivity index (χ2v) is 7.67. The lowest BCUT2D eigenvalue weighted by Crippen LogP contribution is -2.52. The van der Waals surface area contributed by atoms with E-state index in [2.05, 4.69) is 34.5 Å². The highest BCUT2D eigenvalue weighted by Gasteiger charge is 2.40. The fourth-order valence-electron chi connectivity index (χ4n) is 4.26. The number of amides is 1. The van der Waals surface area contributed by atoms with Crippen molar-refractivity contribution < 1.29 is 9.53 Å². The number of likely N-dealkylation sites (tertiary alicyclic amines) is 1.